The molecule has 4 nitrogen and oxygen atoms in total. The molecule has 2 N–H and O–H groups in total. The zero-order valence-electron chi connectivity index (χ0n) is 12.3. The molecule has 0 radical (unpaired) electrons. The van der Waals surface area contributed by atoms with Crippen molar-refractivity contribution in [3.63, 3.8) is 0 Å². The molecule has 108 valence electrons. The van der Waals surface area contributed by atoms with Crippen molar-refractivity contribution in [1.29, 1.82) is 0 Å². The van der Waals surface area contributed by atoms with Gasteiger partial charge in [-0.2, -0.15) is 0 Å². The average molecular weight is 298 g/mol. The number of nitrogen functional groups attached to an aromatic ring is 1. The van der Waals surface area contributed by atoms with Crippen LogP contribution in [-0.2, 0) is 12.8 Å². The minimum Gasteiger partial charge on any atom is -0.390 e. The maximum atomic E-state index is 6.32. The van der Waals surface area contributed by atoms with Crippen LogP contribution in [0.3, 0.4) is 0 Å². The lowest BCUT2D eigenvalue weighted by atomic mass is 10.1. The molecule has 3 aromatic rings. The fraction of sp³-hybridized carbons (Fsp3) is 0.375. The summed E-state index contributed by atoms with van der Waals surface area (Å²) in [6.07, 6.45) is 7.18. The van der Waals surface area contributed by atoms with E-state index in [9.17, 15) is 0 Å². The zero-order valence-corrected chi connectivity index (χ0v) is 13.1. The Bertz CT molecular complexity index is 828. The minimum atomic E-state index is 0.337. The summed E-state index contributed by atoms with van der Waals surface area (Å²) >= 11 is 1.74. The molecule has 0 fully saturated rings. The van der Waals surface area contributed by atoms with Crippen molar-refractivity contribution in [2.45, 2.75) is 39.2 Å². The molecule has 1 aliphatic rings. The number of imidazole rings is 1. The Morgan fingerprint density at radius 3 is 3.00 bits per heavy atom. The lowest BCUT2D eigenvalue weighted by Crippen LogP contribution is -2.04. The maximum Gasteiger partial charge on any atom is 0.144 e. The first kappa shape index (κ1) is 12.8. The van der Waals surface area contributed by atoms with Gasteiger partial charge in [0.2, 0.25) is 0 Å². The molecule has 0 saturated heterocycles. The van der Waals surface area contributed by atoms with E-state index in [-0.39, 0.29) is 0 Å². The van der Waals surface area contributed by atoms with Crippen LogP contribution in [0, 0.1) is 0 Å². The van der Waals surface area contributed by atoms with Gasteiger partial charge in [-0.3, -0.25) is 4.98 Å². The summed E-state index contributed by atoms with van der Waals surface area (Å²) in [4.78, 5) is 10.5. The predicted octanol–water partition coefficient (Wildman–Crippen LogP) is 3.81. The number of aryl methyl sites for hydroxylation is 1. The van der Waals surface area contributed by atoms with Crippen molar-refractivity contribution in [2.75, 3.05) is 5.73 Å². The molecule has 3 aromatic heterocycles. The first-order valence-electron chi connectivity index (χ1n) is 7.39. The number of rotatable bonds is 2. The monoisotopic (exact) mass is 298 g/mol. The van der Waals surface area contributed by atoms with Gasteiger partial charge in [0, 0.05) is 17.1 Å². The number of hydrogen-bond acceptors (Lipinski definition) is 4. The van der Waals surface area contributed by atoms with Gasteiger partial charge in [-0.1, -0.05) is 0 Å². The first-order chi connectivity index (χ1) is 10.2. The Morgan fingerprint density at radius 2 is 2.19 bits per heavy atom. The van der Waals surface area contributed by atoms with Crippen LogP contribution in [0.5, 0.6) is 0 Å². The Labute approximate surface area is 127 Å². The van der Waals surface area contributed by atoms with Gasteiger partial charge in [-0.25, -0.2) is 4.98 Å². The van der Waals surface area contributed by atoms with Crippen LogP contribution in [0.25, 0.3) is 22.4 Å². The van der Waals surface area contributed by atoms with Gasteiger partial charge in [0.05, 0.1) is 22.3 Å². The molecule has 0 atom stereocenters. The third kappa shape index (κ3) is 1.80. The summed E-state index contributed by atoms with van der Waals surface area (Å²) in [5.74, 6) is 1.00. The van der Waals surface area contributed by atoms with Crippen LogP contribution in [-0.4, -0.2) is 14.5 Å². The highest BCUT2D eigenvalue weighted by Gasteiger charge is 2.26. The van der Waals surface area contributed by atoms with Crippen molar-refractivity contribution in [2.24, 2.45) is 0 Å². The van der Waals surface area contributed by atoms with Crippen molar-refractivity contribution in [3.8, 4) is 11.4 Å². The molecular weight excluding hydrogens is 280 g/mol. The molecule has 0 aromatic carbocycles. The van der Waals surface area contributed by atoms with E-state index in [4.69, 9.17) is 10.7 Å². The van der Waals surface area contributed by atoms with Gasteiger partial charge in [0.15, 0.2) is 0 Å². The topological polar surface area (TPSA) is 56.7 Å². The largest absolute Gasteiger partial charge is 0.390 e. The third-order valence-electron chi connectivity index (χ3n) is 4.18. The van der Waals surface area contributed by atoms with E-state index in [0.717, 1.165) is 40.3 Å². The molecule has 4 rings (SSSR count). The van der Waals surface area contributed by atoms with Crippen LogP contribution in [0.1, 0.15) is 36.8 Å². The van der Waals surface area contributed by atoms with Crippen LogP contribution in [0.2, 0.25) is 0 Å². The van der Waals surface area contributed by atoms with E-state index < -0.39 is 0 Å². The van der Waals surface area contributed by atoms with Crippen molar-refractivity contribution >= 4 is 27.4 Å². The SMILES string of the molecule is CC(C)n1c(-c2c(N)sc3c2CCC3)nc2cnccc21. The fourth-order valence-corrected chi connectivity index (χ4v) is 4.48. The maximum absolute atomic E-state index is 6.32. The number of thiophene rings is 1. The molecule has 3 heterocycles. The summed E-state index contributed by atoms with van der Waals surface area (Å²) in [5.41, 5.74) is 11.0. The molecular formula is C16H18N4S. The number of pyridine rings is 1. The van der Waals surface area contributed by atoms with Crippen LogP contribution in [0.4, 0.5) is 5.00 Å². The Kier molecular flexibility index (Phi) is 2.79. The molecule has 0 spiro atoms. The number of fused-ring (bicyclic) bond motifs is 2. The number of nitrogens with two attached hydrogens (primary N) is 1. The van der Waals surface area contributed by atoms with Gasteiger partial charge in [-0.05, 0) is 44.7 Å². The van der Waals surface area contributed by atoms with Crippen LogP contribution >= 0.6 is 11.3 Å². The van der Waals surface area contributed by atoms with Crippen molar-refractivity contribution in [1.82, 2.24) is 14.5 Å². The highest BCUT2D eigenvalue weighted by molar-refractivity contribution is 7.16. The highest BCUT2D eigenvalue weighted by Crippen LogP contribution is 2.44. The fourth-order valence-electron chi connectivity index (χ4n) is 3.32. The number of aromatic nitrogens is 3. The standard InChI is InChI=1S/C16H18N4S/c1-9(2)20-12-6-7-18-8-11(12)19-16(20)14-10-4-3-5-13(10)21-15(14)17/h6-9H,3-5,17H2,1-2H3. The quantitative estimate of drug-likeness (QED) is 0.782. The first-order valence-corrected chi connectivity index (χ1v) is 8.20. The van der Waals surface area contributed by atoms with E-state index in [1.54, 1.807) is 11.3 Å². The summed E-state index contributed by atoms with van der Waals surface area (Å²) < 4.78 is 2.29. The number of hydrogen-bond donors (Lipinski definition) is 1. The molecule has 0 saturated carbocycles. The second-order valence-corrected chi connectivity index (χ2v) is 7.00. The summed E-state index contributed by atoms with van der Waals surface area (Å²) in [5, 5.41) is 0.907. The molecule has 21 heavy (non-hydrogen) atoms. The lowest BCUT2D eigenvalue weighted by Gasteiger charge is -2.13. The van der Waals surface area contributed by atoms with Gasteiger partial charge >= 0.3 is 0 Å². The highest BCUT2D eigenvalue weighted by atomic mass is 32.1. The van der Waals surface area contributed by atoms with Crippen LogP contribution < -0.4 is 5.73 Å². The molecule has 0 unspecified atom stereocenters. The summed E-state index contributed by atoms with van der Waals surface area (Å²) in [6, 6.07) is 2.37. The van der Waals surface area contributed by atoms with E-state index in [0.29, 0.717) is 6.04 Å². The minimum absolute atomic E-state index is 0.337. The summed E-state index contributed by atoms with van der Waals surface area (Å²) in [7, 11) is 0. The third-order valence-corrected chi connectivity index (χ3v) is 5.30. The van der Waals surface area contributed by atoms with E-state index in [1.165, 1.54) is 16.9 Å². The zero-order chi connectivity index (χ0) is 14.6. The van der Waals surface area contributed by atoms with Gasteiger partial charge < -0.3 is 10.3 Å². The second kappa shape index (κ2) is 4.56. The summed E-state index contributed by atoms with van der Waals surface area (Å²) in [6.45, 7) is 4.38. The molecule has 0 aliphatic heterocycles. The smallest absolute Gasteiger partial charge is 0.144 e. The Hall–Kier alpha value is -1.88. The number of nitrogens with zero attached hydrogens (tertiary/aromatic N) is 3. The molecule has 0 bridgehead atoms. The van der Waals surface area contributed by atoms with Crippen molar-refractivity contribution in [3.05, 3.63) is 28.9 Å². The predicted molar refractivity (Wildman–Crippen MR) is 87.7 cm³/mol. The Morgan fingerprint density at radius 1 is 1.33 bits per heavy atom. The number of anilines is 1. The Balaban J connectivity index is 2.05. The van der Waals surface area contributed by atoms with Gasteiger partial charge in [0.1, 0.15) is 11.3 Å². The van der Waals surface area contributed by atoms with Gasteiger partial charge in [0.25, 0.3) is 0 Å². The lowest BCUT2D eigenvalue weighted by molar-refractivity contribution is 0.624. The van der Waals surface area contributed by atoms with E-state index in [2.05, 4.69) is 23.4 Å². The molecule has 1 aliphatic carbocycles. The second-order valence-electron chi connectivity index (χ2n) is 5.86. The normalized spacial score (nSPS) is 14.2. The van der Waals surface area contributed by atoms with E-state index >= 15 is 0 Å². The van der Waals surface area contributed by atoms with Gasteiger partial charge in [-0.15, -0.1) is 11.3 Å². The average Bonchev–Trinajstić information content (AvgIpc) is 3.09. The van der Waals surface area contributed by atoms with E-state index in [1.807, 2.05) is 18.5 Å². The molecule has 0 amide bonds. The van der Waals surface area contributed by atoms with Crippen LogP contribution in [0.15, 0.2) is 18.5 Å². The van der Waals surface area contributed by atoms with Crippen molar-refractivity contribution < 1.29 is 0 Å². The molecule has 5 heteroatoms.